The largest absolute Gasteiger partial charge is 0.455 e. The summed E-state index contributed by atoms with van der Waals surface area (Å²) < 4.78 is 5.94. The summed E-state index contributed by atoms with van der Waals surface area (Å²) in [5, 5.41) is 7.88. The molecule has 0 aliphatic rings. The molecular weight excluding hydrogens is 386 g/mol. The highest BCUT2D eigenvalue weighted by atomic mass is 32.1. The molecule has 0 aliphatic carbocycles. The average molecular weight is 410 g/mol. The van der Waals surface area contributed by atoms with Crippen LogP contribution in [0.25, 0.3) is 0 Å². The number of hydrogen-bond acceptors (Lipinski definition) is 5. The van der Waals surface area contributed by atoms with Gasteiger partial charge in [0.2, 0.25) is 11.8 Å². The van der Waals surface area contributed by atoms with Crippen LogP contribution in [0, 0.1) is 12.8 Å². The van der Waals surface area contributed by atoms with E-state index in [1.54, 1.807) is 17.5 Å². The van der Waals surface area contributed by atoms with Crippen molar-refractivity contribution < 1.29 is 14.3 Å². The highest BCUT2D eigenvalue weighted by Crippen LogP contribution is 2.29. The maximum absolute atomic E-state index is 12.5. The molecule has 0 saturated carbocycles. The van der Waals surface area contributed by atoms with Crippen molar-refractivity contribution in [3.8, 4) is 11.5 Å². The fourth-order valence-corrected chi connectivity index (χ4v) is 3.23. The second-order valence-corrected chi connectivity index (χ2v) is 7.79. The van der Waals surface area contributed by atoms with E-state index in [9.17, 15) is 9.59 Å². The fourth-order valence-electron chi connectivity index (χ4n) is 2.52. The van der Waals surface area contributed by atoms with Crippen LogP contribution >= 0.6 is 11.3 Å². The van der Waals surface area contributed by atoms with Crippen molar-refractivity contribution >= 4 is 34.0 Å². The molecule has 2 amide bonds. The molecule has 0 unspecified atom stereocenters. The van der Waals surface area contributed by atoms with Crippen molar-refractivity contribution in [1.82, 2.24) is 4.98 Å². The van der Waals surface area contributed by atoms with Crippen molar-refractivity contribution in [3.63, 3.8) is 0 Å². The number of benzene rings is 2. The minimum atomic E-state index is -0.211. The van der Waals surface area contributed by atoms with Gasteiger partial charge in [0.05, 0.1) is 17.8 Å². The number of thiazole rings is 1. The number of para-hydroxylation sites is 2. The summed E-state index contributed by atoms with van der Waals surface area (Å²) in [7, 11) is 0. The molecule has 3 aromatic rings. The van der Waals surface area contributed by atoms with E-state index < -0.39 is 0 Å². The van der Waals surface area contributed by atoms with E-state index in [1.807, 2.05) is 57.2 Å². The Morgan fingerprint density at radius 2 is 1.90 bits per heavy atom. The molecule has 2 aromatic carbocycles. The number of carbonyl (C=O) groups is 2. The molecule has 0 saturated heterocycles. The third-order valence-corrected chi connectivity index (χ3v) is 4.83. The normalized spacial score (nSPS) is 10.6. The smallest absolute Gasteiger partial charge is 0.230 e. The van der Waals surface area contributed by atoms with Gasteiger partial charge in [-0.15, -0.1) is 11.3 Å². The number of nitrogens with one attached hydrogen (secondary N) is 2. The molecule has 1 aromatic heterocycles. The Balaban J connectivity index is 1.64. The Bertz CT molecular complexity index is 1010. The zero-order chi connectivity index (χ0) is 20.8. The highest BCUT2D eigenvalue weighted by Gasteiger charge is 2.13. The molecule has 7 heteroatoms. The zero-order valence-electron chi connectivity index (χ0n) is 16.6. The molecule has 0 aliphatic heterocycles. The van der Waals surface area contributed by atoms with Crippen LogP contribution in [0.2, 0.25) is 0 Å². The summed E-state index contributed by atoms with van der Waals surface area (Å²) in [5.41, 5.74) is 2.28. The predicted octanol–water partition coefficient (Wildman–Crippen LogP) is 5.02. The number of ether oxygens (including phenoxy) is 1. The van der Waals surface area contributed by atoms with Gasteiger partial charge in [0.1, 0.15) is 5.75 Å². The zero-order valence-corrected chi connectivity index (χ0v) is 17.4. The summed E-state index contributed by atoms with van der Waals surface area (Å²) >= 11 is 1.30. The second kappa shape index (κ2) is 9.34. The Kier molecular flexibility index (Phi) is 6.61. The molecular formula is C22H23N3O3S. The first-order chi connectivity index (χ1) is 13.9. The number of nitrogens with zero attached hydrogens (tertiary/aromatic N) is 1. The van der Waals surface area contributed by atoms with Gasteiger partial charge in [-0.3, -0.25) is 9.59 Å². The van der Waals surface area contributed by atoms with Crippen molar-refractivity contribution in [2.24, 2.45) is 5.92 Å². The number of hydrogen-bond donors (Lipinski definition) is 2. The molecule has 3 rings (SSSR count). The van der Waals surface area contributed by atoms with E-state index in [0.29, 0.717) is 28.0 Å². The van der Waals surface area contributed by atoms with Crippen LogP contribution in [0.3, 0.4) is 0 Å². The number of aromatic nitrogens is 1. The first-order valence-corrected chi connectivity index (χ1v) is 10.2. The van der Waals surface area contributed by atoms with Crippen LogP contribution in [0.15, 0.2) is 53.9 Å². The molecule has 0 spiro atoms. The van der Waals surface area contributed by atoms with Crippen LogP contribution in [-0.2, 0) is 16.0 Å². The summed E-state index contributed by atoms with van der Waals surface area (Å²) in [6, 6.07) is 15.0. The third-order valence-electron chi connectivity index (χ3n) is 4.03. The first kappa shape index (κ1) is 20.5. The van der Waals surface area contributed by atoms with Crippen LogP contribution in [0.1, 0.15) is 25.1 Å². The van der Waals surface area contributed by atoms with Crippen molar-refractivity contribution in [2.75, 3.05) is 10.6 Å². The quantitative estimate of drug-likeness (QED) is 0.574. The number of anilines is 2. The van der Waals surface area contributed by atoms with E-state index in [4.69, 9.17) is 4.74 Å². The molecule has 0 fully saturated rings. The van der Waals surface area contributed by atoms with Gasteiger partial charge in [0, 0.05) is 11.3 Å². The summed E-state index contributed by atoms with van der Waals surface area (Å²) in [6.45, 7) is 5.62. The third kappa shape index (κ3) is 5.89. The Morgan fingerprint density at radius 3 is 2.66 bits per heavy atom. The van der Waals surface area contributed by atoms with Crippen LogP contribution in [0.4, 0.5) is 10.8 Å². The molecule has 150 valence electrons. The van der Waals surface area contributed by atoms with E-state index in [1.165, 1.54) is 11.3 Å². The standard InChI is InChI=1S/C22H23N3O3S/c1-14(2)21(27)25-22-23-16(13-29-22)12-20(26)24-18-9-4-5-10-19(18)28-17-8-6-7-15(3)11-17/h4-11,13-14H,12H2,1-3H3,(H,24,26)(H,23,25,27). The topological polar surface area (TPSA) is 80.3 Å². The summed E-state index contributed by atoms with van der Waals surface area (Å²) in [5.74, 6) is 0.830. The summed E-state index contributed by atoms with van der Waals surface area (Å²) in [6.07, 6.45) is 0.104. The molecule has 1 heterocycles. The number of aryl methyl sites for hydroxylation is 1. The van der Waals surface area contributed by atoms with Crippen LogP contribution < -0.4 is 15.4 Å². The van der Waals surface area contributed by atoms with Crippen LogP contribution in [-0.4, -0.2) is 16.8 Å². The molecule has 2 N–H and O–H groups in total. The lowest BCUT2D eigenvalue weighted by atomic mass is 10.2. The lowest BCUT2D eigenvalue weighted by Crippen LogP contribution is -2.18. The first-order valence-electron chi connectivity index (χ1n) is 9.29. The monoisotopic (exact) mass is 409 g/mol. The van der Waals surface area contributed by atoms with Gasteiger partial charge >= 0.3 is 0 Å². The van der Waals surface area contributed by atoms with Gasteiger partial charge in [-0.25, -0.2) is 4.98 Å². The predicted molar refractivity (Wildman–Crippen MR) is 116 cm³/mol. The van der Waals surface area contributed by atoms with Crippen molar-refractivity contribution in [1.29, 1.82) is 0 Å². The minimum absolute atomic E-state index is 0.0995. The van der Waals surface area contributed by atoms with Crippen LogP contribution in [0.5, 0.6) is 11.5 Å². The van der Waals surface area contributed by atoms with Gasteiger partial charge in [0.15, 0.2) is 10.9 Å². The number of amides is 2. The highest BCUT2D eigenvalue weighted by molar-refractivity contribution is 7.13. The van der Waals surface area contributed by atoms with E-state index in [0.717, 1.165) is 5.56 Å². The van der Waals surface area contributed by atoms with Gasteiger partial charge in [-0.2, -0.15) is 0 Å². The number of rotatable bonds is 7. The maximum Gasteiger partial charge on any atom is 0.230 e. The number of carbonyl (C=O) groups excluding carboxylic acids is 2. The Labute approximate surface area is 173 Å². The molecule has 0 radical (unpaired) electrons. The lowest BCUT2D eigenvalue weighted by Gasteiger charge is -2.12. The van der Waals surface area contributed by atoms with E-state index >= 15 is 0 Å². The van der Waals surface area contributed by atoms with Crippen molar-refractivity contribution in [3.05, 3.63) is 65.2 Å². The fraction of sp³-hybridized carbons (Fsp3) is 0.227. The SMILES string of the molecule is Cc1cccc(Oc2ccccc2NC(=O)Cc2csc(NC(=O)C(C)C)n2)c1. The van der Waals surface area contributed by atoms with E-state index in [-0.39, 0.29) is 24.2 Å². The minimum Gasteiger partial charge on any atom is -0.455 e. The summed E-state index contributed by atoms with van der Waals surface area (Å²) in [4.78, 5) is 28.6. The van der Waals surface area contributed by atoms with E-state index in [2.05, 4.69) is 15.6 Å². The maximum atomic E-state index is 12.5. The Hall–Kier alpha value is -3.19. The molecule has 0 atom stereocenters. The van der Waals surface area contributed by atoms with Gasteiger partial charge < -0.3 is 15.4 Å². The van der Waals surface area contributed by atoms with Gasteiger partial charge in [-0.1, -0.05) is 38.1 Å². The van der Waals surface area contributed by atoms with Crippen molar-refractivity contribution in [2.45, 2.75) is 27.2 Å². The molecule has 0 bridgehead atoms. The van der Waals surface area contributed by atoms with Gasteiger partial charge in [0.25, 0.3) is 0 Å². The lowest BCUT2D eigenvalue weighted by molar-refractivity contribution is -0.119. The molecule has 29 heavy (non-hydrogen) atoms. The Morgan fingerprint density at radius 1 is 1.10 bits per heavy atom. The second-order valence-electron chi connectivity index (χ2n) is 6.93. The molecule has 6 nitrogen and oxygen atoms in total. The average Bonchev–Trinajstić information content (AvgIpc) is 3.10. The van der Waals surface area contributed by atoms with Gasteiger partial charge in [-0.05, 0) is 36.8 Å².